The van der Waals surface area contributed by atoms with E-state index in [1.165, 1.54) is 34.0 Å². The molecule has 0 aliphatic carbocycles. The molecule has 3 aromatic heterocycles. The molecule has 0 aliphatic heterocycles. The molecule has 0 bridgehead atoms. The molecule has 0 saturated heterocycles. The van der Waals surface area contributed by atoms with Crippen molar-refractivity contribution in [2.45, 2.75) is 30.2 Å². The fraction of sp³-hybridized carbons (Fsp3) is 0.250. The molecule has 128 valence electrons. The van der Waals surface area contributed by atoms with E-state index in [0.29, 0.717) is 4.21 Å². The maximum absolute atomic E-state index is 12.3. The molecule has 0 spiro atoms. The van der Waals surface area contributed by atoms with E-state index in [0.717, 1.165) is 25.9 Å². The van der Waals surface area contributed by atoms with Gasteiger partial charge in [-0.15, -0.1) is 34.0 Å². The van der Waals surface area contributed by atoms with Crippen molar-refractivity contribution < 1.29 is 13.5 Å². The third kappa shape index (κ3) is 3.96. The van der Waals surface area contributed by atoms with Crippen LogP contribution in [0.4, 0.5) is 0 Å². The Labute approximate surface area is 153 Å². The molecule has 0 saturated carbocycles. The molecule has 2 N–H and O–H groups in total. The van der Waals surface area contributed by atoms with E-state index in [4.69, 9.17) is 0 Å². The molecular formula is C16H17NO3S4. The van der Waals surface area contributed by atoms with Crippen molar-refractivity contribution >= 4 is 44.0 Å². The quantitative estimate of drug-likeness (QED) is 0.631. The van der Waals surface area contributed by atoms with Gasteiger partial charge in [0.25, 0.3) is 0 Å². The van der Waals surface area contributed by atoms with E-state index >= 15 is 0 Å². The van der Waals surface area contributed by atoms with Crippen LogP contribution in [0.25, 0.3) is 0 Å². The second-order valence-electron chi connectivity index (χ2n) is 5.12. The molecule has 0 aliphatic rings. The summed E-state index contributed by atoms with van der Waals surface area (Å²) in [6.45, 7) is 2.23. The van der Waals surface area contributed by atoms with Gasteiger partial charge in [-0.05, 0) is 42.1 Å². The molecule has 0 fully saturated rings. The van der Waals surface area contributed by atoms with Crippen LogP contribution in [0, 0.1) is 0 Å². The van der Waals surface area contributed by atoms with E-state index in [1.807, 2.05) is 42.6 Å². The lowest BCUT2D eigenvalue weighted by Gasteiger charge is -2.05. The van der Waals surface area contributed by atoms with Crippen LogP contribution < -0.4 is 4.72 Å². The van der Waals surface area contributed by atoms with Crippen LogP contribution in [-0.2, 0) is 23.0 Å². The third-order valence-corrected chi connectivity index (χ3v) is 8.64. The highest BCUT2D eigenvalue weighted by Gasteiger charge is 2.18. The first-order chi connectivity index (χ1) is 11.5. The van der Waals surface area contributed by atoms with Gasteiger partial charge in [-0.3, -0.25) is 0 Å². The van der Waals surface area contributed by atoms with Gasteiger partial charge in [0.1, 0.15) is 10.3 Å². The number of aliphatic hydroxyl groups excluding tert-OH is 1. The summed E-state index contributed by atoms with van der Waals surface area (Å²) in [5.74, 6) is 0. The Morgan fingerprint density at radius 3 is 2.54 bits per heavy atom. The summed E-state index contributed by atoms with van der Waals surface area (Å²) >= 11 is 4.22. The van der Waals surface area contributed by atoms with Crippen molar-refractivity contribution in [3.8, 4) is 0 Å². The van der Waals surface area contributed by atoms with E-state index in [9.17, 15) is 13.5 Å². The molecule has 8 heteroatoms. The highest BCUT2D eigenvalue weighted by molar-refractivity contribution is 7.91. The average molecular weight is 400 g/mol. The lowest BCUT2D eigenvalue weighted by Crippen LogP contribution is -2.21. The Morgan fingerprint density at radius 2 is 1.88 bits per heavy atom. The summed E-state index contributed by atoms with van der Waals surface area (Å²) in [6.07, 6.45) is 0.180. The van der Waals surface area contributed by atoms with E-state index < -0.39 is 16.1 Å². The van der Waals surface area contributed by atoms with Crippen molar-refractivity contribution in [2.75, 3.05) is 0 Å². The van der Waals surface area contributed by atoms with Crippen molar-refractivity contribution in [3.05, 3.63) is 61.3 Å². The lowest BCUT2D eigenvalue weighted by molar-refractivity contribution is 0.228. The Kier molecular flexibility index (Phi) is 5.53. The normalized spacial score (nSPS) is 13.2. The molecule has 1 unspecified atom stereocenters. The number of nitrogens with one attached hydrogen (secondary N) is 1. The first-order valence-corrected chi connectivity index (χ1v) is 11.4. The summed E-state index contributed by atoms with van der Waals surface area (Å²) in [7, 11) is -3.49. The number of thiophene rings is 3. The van der Waals surface area contributed by atoms with Gasteiger partial charge in [-0.2, -0.15) is 0 Å². The zero-order valence-corrected chi connectivity index (χ0v) is 16.2. The minimum Gasteiger partial charge on any atom is -0.382 e. The van der Waals surface area contributed by atoms with E-state index in [1.54, 1.807) is 6.07 Å². The average Bonchev–Trinajstić information content (AvgIpc) is 3.33. The highest BCUT2D eigenvalue weighted by Crippen LogP contribution is 2.31. The van der Waals surface area contributed by atoms with Gasteiger partial charge in [0.05, 0.1) is 0 Å². The summed E-state index contributed by atoms with van der Waals surface area (Å²) in [5.41, 5.74) is 0. The fourth-order valence-corrected chi connectivity index (χ4v) is 6.35. The minimum absolute atomic E-state index is 0.226. The molecule has 3 aromatic rings. The Hall–Kier alpha value is -1.03. The number of sulfonamides is 1. The van der Waals surface area contributed by atoms with Crippen LogP contribution in [0.1, 0.15) is 32.5 Å². The van der Waals surface area contributed by atoms with Gasteiger partial charge < -0.3 is 5.11 Å². The molecule has 1 atom stereocenters. The highest BCUT2D eigenvalue weighted by atomic mass is 32.2. The van der Waals surface area contributed by atoms with Gasteiger partial charge in [-0.1, -0.05) is 13.0 Å². The van der Waals surface area contributed by atoms with Crippen molar-refractivity contribution in [3.63, 3.8) is 0 Å². The van der Waals surface area contributed by atoms with Gasteiger partial charge in [0.15, 0.2) is 0 Å². The molecular weight excluding hydrogens is 382 g/mol. The Morgan fingerprint density at radius 1 is 1.08 bits per heavy atom. The number of rotatable bonds is 7. The SMILES string of the molecule is CCc1ccc(S(=O)(=O)NCc2ccc(C(O)c3cccs3)s2)s1. The standard InChI is InChI=1S/C16H17NO3S4/c1-2-11-6-8-15(23-11)24(19,20)17-10-12-5-7-14(22-12)16(18)13-4-3-9-21-13/h3-9,16-18H,2,10H2,1H3. The molecule has 24 heavy (non-hydrogen) atoms. The minimum atomic E-state index is -3.49. The molecule has 4 nitrogen and oxygen atoms in total. The lowest BCUT2D eigenvalue weighted by atomic mass is 10.2. The first-order valence-electron chi connectivity index (χ1n) is 7.38. The van der Waals surface area contributed by atoms with Crippen LogP contribution in [0.5, 0.6) is 0 Å². The molecule has 0 radical (unpaired) electrons. The predicted octanol–water partition coefficient (Wildman–Crippen LogP) is 3.99. The summed E-state index contributed by atoms with van der Waals surface area (Å²) in [6, 6.07) is 11.0. The van der Waals surface area contributed by atoms with E-state index in [2.05, 4.69) is 4.72 Å². The van der Waals surface area contributed by atoms with E-state index in [-0.39, 0.29) is 6.54 Å². The monoisotopic (exact) mass is 399 g/mol. The number of aryl methyl sites for hydroxylation is 1. The van der Waals surface area contributed by atoms with Crippen LogP contribution in [0.15, 0.2) is 46.0 Å². The predicted molar refractivity (Wildman–Crippen MR) is 100 cm³/mol. The number of aliphatic hydroxyl groups is 1. The zero-order chi connectivity index (χ0) is 17.2. The van der Waals surface area contributed by atoms with Gasteiger partial charge >= 0.3 is 0 Å². The molecule has 0 aromatic carbocycles. The molecule has 3 heterocycles. The topological polar surface area (TPSA) is 66.4 Å². The summed E-state index contributed by atoms with van der Waals surface area (Å²) in [5, 5.41) is 12.2. The smallest absolute Gasteiger partial charge is 0.250 e. The molecule has 0 amide bonds. The van der Waals surface area contributed by atoms with Crippen molar-refractivity contribution in [1.29, 1.82) is 0 Å². The second-order valence-corrected chi connectivity index (χ2v) is 10.5. The maximum Gasteiger partial charge on any atom is 0.250 e. The van der Waals surface area contributed by atoms with Gasteiger partial charge in [0, 0.05) is 26.1 Å². The van der Waals surface area contributed by atoms with Crippen LogP contribution >= 0.6 is 34.0 Å². The summed E-state index contributed by atoms with van der Waals surface area (Å²) < 4.78 is 27.6. The Balaban J connectivity index is 1.67. The van der Waals surface area contributed by atoms with Gasteiger partial charge in [0.2, 0.25) is 10.0 Å². The van der Waals surface area contributed by atoms with Crippen molar-refractivity contribution in [2.24, 2.45) is 0 Å². The largest absolute Gasteiger partial charge is 0.382 e. The number of hydrogen-bond acceptors (Lipinski definition) is 6. The fourth-order valence-electron chi connectivity index (χ4n) is 2.15. The molecule has 3 rings (SSSR count). The Bertz CT molecular complexity index is 894. The summed E-state index contributed by atoms with van der Waals surface area (Å²) in [4.78, 5) is 3.62. The van der Waals surface area contributed by atoms with Crippen LogP contribution in [0.3, 0.4) is 0 Å². The van der Waals surface area contributed by atoms with Crippen LogP contribution in [0.2, 0.25) is 0 Å². The third-order valence-electron chi connectivity index (χ3n) is 3.45. The maximum atomic E-state index is 12.3. The van der Waals surface area contributed by atoms with Gasteiger partial charge in [-0.25, -0.2) is 13.1 Å². The van der Waals surface area contributed by atoms with Crippen molar-refractivity contribution in [1.82, 2.24) is 4.72 Å². The van der Waals surface area contributed by atoms with Crippen LogP contribution in [-0.4, -0.2) is 13.5 Å². The number of hydrogen-bond donors (Lipinski definition) is 2. The first kappa shape index (κ1) is 17.8. The second kappa shape index (κ2) is 7.47. The zero-order valence-electron chi connectivity index (χ0n) is 12.9.